The Bertz CT molecular complexity index is 420. The summed E-state index contributed by atoms with van der Waals surface area (Å²) in [5.41, 5.74) is 2.67. The topological polar surface area (TPSA) is 15.3 Å². The van der Waals surface area contributed by atoms with Gasteiger partial charge in [-0.25, -0.2) is 0 Å². The smallest absolute Gasteiger partial charge is 0.0796 e. The van der Waals surface area contributed by atoms with E-state index in [1.165, 1.54) is 41.5 Å². The van der Waals surface area contributed by atoms with Gasteiger partial charge in [0, 0.05) is 22.0 Å². The van der Waals surface area contributed by atoms with E-state index in [0.29, 0.717) is 6.17 Å². The average Bonchev–Trinajstić information content (AvgIpc) is 2.27. The minimum absolute atomic E-state index is 0.540. The van der Waals surface area contributed by atoms with E-state index in [9.17, 15) is 0 Å². The van der Waals surface area contributed by atoms with Gasteiger partial charge in [-0.15, -0.1) is 0 Å². The van der Waals surface area contributed by atoms with E-state index in [-0.39, 0.29) is 0 Å². The Balaban J connectivity index is 1.98. The summed E-state index contributed by atoms with van der Waals surface area (Å²) in [5, 5.41) is 3.65. The molecule has 0 aromatic heterocycles. The van der Waals surface area contributed by atoms with Crippen molar-refractivity contribution in [3.05, 3.63) is 26.6 Å². The highest BCUT2D eigenvalue weighted by molar-refractivity contribution is 9.11. The van der Waals surface area contributed by atoms with E-state index in [0.717, 1.165) is 11.0 Å². The molecule has 2 heterocycles. The van der Waals surface area contributed by atoms with Crippen molar-refractivity contribution in [3.63, 3.8) is 0 Å². The summed E-state index contributed by atoms with van der Waals surface area (Å²) in [6.45, 7) is 2.30. The van der Waals surface area contributed by atoms with Gasteiger partial charge in [0.05, 0.1) is 11.9 Å². The summed E-state index contributed by atoms with van der Waals surface area (Å²) >= 11 is 7.19. The van der Waals surface area contributed by atoms with Crippen molar-refractivity contribution < 1.29 is 0 Å². The highest BCUT2D eigenvalue weighted by Crippen LogP contribution is 2.37. The number of benzene rings is 1. The lowest BCUT2D eigenvalue weighted by molar-refractivity contribution is 0.151. The van der Waals surface area contributed by atoms with E-state index >= 15 is 0 Å². The lowest BCUT2D eigenvalue weighted by Gasteiger charge is -2.41. The Morgan fingerprint density at radius 2 is 2.12 bits per heavy atom. The van der Waals surface area contributed by atoms with Crippen LogP contribution in [0.2, 0.25) is 0 Å². The zero-order chi connectivity index (χ0) is 11.1. The quantitative estimate of drug-likeness (QED) is 0.765. The van der Waals surface area contributed by atoms with Gasteiger partial charge in [-0.05, 0) is 52.9 Å². The molecule has 1 aromatic rings. The molecule has 3 rings (SSSR count). The number of hydrogen-bond donors (Lipinski definition) is 1. The van der Waals surface area contributed by atoms with Gasteiger partial charge in [-0.3, -0.25) is 4.90 Å². The number of halogens is 2. The van der Waals surface area contributed by atoms with Crippen molar-refractivity contribution in [2.24, 2.45) is 0 Å². The van der Waals surface area contributed by atoms with Crippen LogP contribution in [0, 0.1) is 0 Å². The van der Waals surface area contributed by atoms with Crippen LogP contribution in [-0.4, -0.2) is 17.6 Å². The van der Waals surface area contributed by atoms with Gasteiger partial charge in [0.15, 0.2) is 0 Å². The molecule has 86 valence electrons. The summed E-state index contributed by atoms with van der Waals surface area (Å²) < 4.78 is 2.32. The van der Waals surface area contributed by atoms with Gasteiger partial charge in [-0.1, -0.05) is 15.9 Å². The van der Waals surface area contributed by atoms with Gasteiger partial charge in [0.2, 0.25) is 0 Å². The van der Waals surface area contributed by atoms with Crippen LogP contribution in [-0.2, 0) is 6.54 Å². The van der Waals surface area contributed by atoms with Crippen molar-refractivity contribution >= 4 is 37.5 Å². The second-order valence-corrected chi connectivity index (χ2v) is 6.32. The summed E-state index contributed by atoms with van der Waals surface area (Å²) in [7, 11) is 0. The Morgan fingerprint density at radius 3 is 3.00 bits per heavy atom. The minimum atomic E-state index is 0.540. The molecule has 1 aromatic carbocycles. The van der Waals surface area contributed by atoms with Gasteiger partial charge in [0.25, 0.3) is 0 Å². The van der Waals surface area contributed by atoms with E-state index in [1.807, 2.05) is 0 Å². The summed E-state index contributed by atoms with van der Waals surface area (Å²) in [5.74, 6) is 0. The molecule has 2 aliphatic heterocycles. The Morgan fingerprint density at radius 1 is 1.25 bits per heavy atom. The molecule has 0 unspecified atom stereocenters. The molecule has 0 saturated carbocycles. The maximum absolute atomic E-state index is 3.65. The Labute approximate surface area is 113 Å². The molecular formula is C12H14Br2N2. The summed E-state index contributed by atoms with van der Waals surface area (Å²) in [4.78, 5) is 2.55. The van der Waals surface area contributed by atoms with Crippen LogP contribution in [0.1, 0.15) is 24.8 Å². The zero-order valence-electron chi connectivity index (χ0n) is 8.97. The number of fused-ring (bicyclic) bond motifs is 2. The number of nitrogens with zero attached hydrogens (tertiary/aromatic N) is 1. The normalized spacial score (nSPS) is 24.5. The Hall–Kier alpha value is -0.0600. The summed E-state index contributed by atoms with van der Waals surface area (Å²) in [6.07, 6.45) is 4.49. The van der Waals surface area contributed by atoms with Crippen molar-refractivity contribution in [1.82, 2.24) is 4.90 Å². The van der Waals surface area contributed by atoms with Crippen molar-refractivity contribution in [1.29, 1.82) is 0 Å². The third-order valence-electron chi connectivity index (χ3n) is 3.43. The first-order valence-corrected chi connectivity index (χ1v) is 7.31. The fourth-order valence-corrected chi connectivity index (χ4v) is 4.07. The largest absolute Gasteiger partial charge is 0.368 e. The van der Waals surface area contributed by atoms with Gasteiger partial charge in [-0.2, -0.15) is 0 Å². The molecule has 1 fully saturated rings. The first-order valence-electron chi connectivity index (χ1n) is 5.72. The highest BCUT2D eigenvalue weighted by Gasteiger charge is 2.28. The third kappa shape index (κ3) is 1.91. The minimum Gasteiger partial charge on any atom is -0.368 e. The van der Waals surface area contributed by atoms with Crippen LogP contribution in [0.25, 0.3) is 0 Å². The van der Waals surface area contributed by atoms with Crippen LogP contribution in [0.3, 0.4) is 0 Å². The number of rotatable bonds is 0. The van der Waals surface area contributed by atoms with E-state index < -0.39 is 0 Å². The number of nitrogens with one attached hydrogen (secondary N) is 1. The maximum atomic E-state index is 3.65. The molecule has 0 amide bonds. The van der Waals surface area contributed by atoms with Crippen molar-refractivity contribution in [2.75, 3.05) is 11.9 Å². The lowest BCUT2D eigenvalue weighted by Crippen LogP contribution is -2.46. The van der Waals surface area contributed by atoms with Gasteiger partial charge < -0.3 is 5.32 Å². The number of hydrogen-bond acceptors (Lipinski definition) is 2. The molecule has 0 bridgehead atoms. The summed E-state index contributed by atoms with van der Waals surface area (Å²) in [6, 6.07) is 4.34. The van der Waals surface area contributed by atoms with Crippen molar-refractivity contribution in [2.45, 2.75) is 32.0 Å². The van der Waals surface area contributed by atoms with Crippen molar-refractivity contribution in [3.8, 4) is 0 Å². The predicted molar refractivity (Wildman–Crippen MR) is 73.5 cm³/mol. The molecule has 1 saturated heterocycles. The SMILES string of the molecule is Brc1cc(Br)c2c(c1)CN1CCCC[C@@H]1N2. The fourth-order valence-electron chi connectivity index (χ4n) is 2.64. The molecule has 4 heteroatoms. The molecule has 16 heavy (non-hydrogen) atoms. The number of anilines is 1. The van der Waals surface area contributed by atoms with Crippen LogP contribution in [0.5, 0.6) is 0 Å². The fraction of sp³-hybridized carbons (Fsp3) is 0.500. The van der Waals surface area contributed by atoms with Gasteiger partial charge in [0.1, 0.15) is 0 Å². The molecular weight excluding hydrogens is 332 g/mol. The molecule has 0 radical (unpaired) electrons. The second kappa shape index (κ2) is 4.31. The van der Waals surface area contributed by atoms with E-state index in [1.54, 1.807) is 0 Å². The Kier molecular flexibility index (Phi) is 2.98. The van der Waals surface area contributed by atoms with Crippen LogP contribution in [0.15, 0.2) is 21.1 Å². The molecule has 1 N–H and O–H groups in total. The monoisotopic (exact) mass is 344 g/mol. The number of piperidine rings is 1. The molecule has 1 atom stereocenters. The standard InChI is InChI=1S/C12H14Br2N2/c13-9-5-8-7-16-4-2-1-3-11(16)15-12(8)10(14)6-9/h5-6,11,15H,1-4,7H2/t11-/m1/s1. The predicted octanol–water partition coefficient (Wildman–Crippen LogP) is 3.95. The first kappa shape index (κ1) is 11.1. The first-order chi connectivity index (χ1) is 7.74. The third-order valence-corrected chi connectivity index (χ3v) is 4.52. The van der Waals surface area contributed by atoms with Crippen LogP contribution < -0.4 is 5.32 Å². The van der Waals surface area contributed by atoms with E-state index in [4.69, 9.17) is 0 Å². The highest BCUT2D eigenvalue weighted by atomic mass is 79.9. The molecule has 2 nitrogen and oxygen atoms in total. The zero-order valence-corrected chi connectivity index (χ0v) is 12.1. The lowest BCUT2D eigenvalue weighted by atomic mass is 10.0. The maximum Gasteiger partial charge on any atom is 0.0796 e. The van der Waals surface area contributed by atoms with Crippen LogP contribution >= 0.6 is 31.9 Å². The molecule has 0 aliphatic carbocycles. The molecule has 0 spiro atoms. The second-order valence-electron chi connectivity index (χ2n) is 4.55. The average molecular weight is 346 g/mol. The molecule has 2 aliphatic rings. The van der Waals surface area contributed by atoms with E-state index in [2.05, 4.69) is 54.2 Å². The van der Waals surface area contributed by atoms with Crippen LogP contribution in [0.4, 0.5) is 5.69 Å². The van der Waals surface area contributed by atoms with Gasteiger partial charge >= 0.3 is 0 Å².